The van der Waals surface area contributed by atoms with Gasteiger partial charge in [-0.15, -0.1) is 0 Å². The van der Waals surface area contributed by atoms with Gasteiger partial charge in [0.2, 0.25) is 0 Å². The maximum Gasteiger partial charge on any atom is 0.187 e. The number of aliphatic hydroxyl groups excluding tert-OH is 8. The number of fused-ring (bicyclic) bond motifs is 5. The van der Waals surface area contributed by atoms with E-state index in [0.29, 0.717) is 19.3 Å². The first kappa shape index (κ1) is 41.8. The standard InChI is InChI=1S/C39H66O14/c1-18(20(3)15-50-35-33(31(47)26(44)16-51-35)53-36-32(49-6)30(46)25(43)17-52-36)7-8-19(2)21-13-23(41)34-37(21,4)12-10-27-38(5)11-9-22(40)29(45)28(38)24(42)14-39(27,34)48/h7-8,18-36,40-48H,9-17H2,1-6H3/b8-7+/t18-,19-,20-,21-,22+,23-,24+,25-,26-,27-,28?,29+,30+,31+,32-,33-,34-,35-,36+,37-,38-,39+/m1/s1. The zero-order valence-electron chi connectivity index (χ0n) is 32.1. The second-order valence-corrected chi connectivity index (χ2v) is 18.1. The fourth-order valence-electron chi connectivity index (χ4n) is 11.9. The molecule has 0 aromatic rings. The molecule has 6 rings (SSSR count). The molecule has 4 saturated carbocycles. The van der Waals surface area contributed by atoms with E-state index in [2.05, 4.69) is 32.9 Å². The van der Waals surface area contributed by atoms with Gasteiger partial charge in [0.05, 0.1) is 49.8 Å². The summed E-state index contributed by atoms with van der Waals surface area (Å²) in [5.74, 6) is -0.945. The Bertz CT molecular complexity index is 1270. The molecular weight excluding hydrogens is 692 g/mol. The molecular formula is C39H66O14. The maximum absolute atomic E-state index is 12.6. The Kier molecular flexibility index (Phi) is 12.5. The second kappa shape index (κ2) is 15.8. The van der Waals surface area contributed by atoms with Crippen molar-refractivity contribution >= 4 is 0 Å². The minimum atomic E-state index is -1.37. The van der Waals surface area contributed by atoms with Crippen LogP contribution in [0.2, 0.25) is 0 Å². The van der Waals surface area contributed by atoms with E-state index in [0.717, 1.165) is 12.8 Å². The zero-order chi connectivity index (χ0) is 38.8. The number of rotatable bonds is 10. The third-order valence-corrected chi connectivity index (χ3v) is 15.0. The number of ether oxygens (including phenoxy) is 5. The Labute approximate surface area is 313 Å². The summed E-state index contributed by atoms with van der Waals surface area (Å²) in [4.78, 5) is 0. The van der Waals surface area contributed by atoms with Crippen LogP contribution >= 0.6 is 0 Å². The Balaban J connectivity index is 1.08. The van der Waals surface area contributed by atoms with Crippen LogP contribution in [0.15, 0.2) is 12.2 Å². The molecule has 6 aliphatic rings. The third kappa shape index (κ3) is 7.30. The molecule has 9 N–H and O–H groups in total. The molecule has 6 fully saturated rings. The summed E-state index contributed by atoms with van der Waals surface area (Å²) in [6, 6.07) is 0. The topological polar surface area (TPSA) is 228 Å². The number of hydrogen-bond donors (Lipinski definition) is 9. The van der Waals surface area contributed by atoms with Gasteiger partial charge in [0.25, 0.3) is 0 Å². The molecule has 1 unspecified atom stereocenters. The fraction of sp³-hybridized carbons (Fsp3) is 0.949. The lowest BCUT2D eigenvalue weighted by Gasteiger charge is -2.66. The van der Waals surface area contributed by atoms with Gasteiger partial charge in [-0.1, -0.05) is 46.8 Å². The minimum absolute atomic E-state index is 0.00301. The average Bonchev–Trinajstić information content (AvgIpc) is 3.39. The molecule has 0 radical (unpaired) electrons. The Morgan fingerprint density at radius 3 is 2.02 bits per heavy atom. The SMILES string of the molecule is CO[C@H]1[C@H](O[C@H]2[C@H](OC[C@@H](C)[C@H](C)/C=C/[C@@H](C)[C@H]3C[C@@H](O)[C@@H]4[C@]3(C)CC[C@H]3[C@@]4(O)C[C@H](O)C4[C@@H](O)[C@@H](O)CC[C@@]43C)OC[C@@H](O)[C@@H]2O)OC[C@@H](O)[C@@H]1O. The first-order valence-corrected chi connectivity index (χ1v) is 19.8. The summed E-state index contributed by atoms with van der Waals surface area (Å²) < 4.78 is 28.7. The molecule has 2 saturated heterocycles. The normalized spacial score (nSPS) is 53.4. The number of allylic oxidation sites excluding steroid dienone is 2. The van der Waals surface area contributed by atoms with Crippen LogP contribution in [-0.4, -0.2) is 152 Å². The van der Waals surface area contributed by atoms with Gasteiger partial charge < -0.3 is 69.6 Å². The molecule has 14 heteroatoms. The lowest BCUT2D eigenvalue weighted by molar-refractivity contribution is -0.346. The molecule has 22 atom stereocenters. The molecule has 306 valence electrons. The van der Waals surface area contributed by atoms with Crippen LogP contribution in [0.3, 0.4) is 0 Å². The van der Waals surface area contributed by atoms with E-state index in [1.54, 1.807) is 0 Å². The predicted molar refractivity (Wildman–Crippen MR) is 189 cm³/mol. The second-order valence-electron chi connectivity index (χ2n) is 18.1. The molecule has 2 aliphatic heterocycles. The highest BCUT2D eigenvalue weighted by atomic mass is 16.8. The van der Waals surface area contributed by atoms with Crippen molar-refractivity contribution in [3.8, 4) is 0 Å². The molecule has 0 bridgehead atoms. The van der Waals surface area contributed by atoms with Gasteiger partial charge in [-0.05, 0) is 72.5 Å². The highest BCUT2D eigenvalue weighted by molar-refractivity contribution is 5.21. The van der Waals surface area contributed by atoms with E-state index in [1.165, 1.54) is 7.11 Å². The quantitative estimate of drug-likeness (QED) is 0.135. The van der Waals surface area contributed by atoms with Crippen molar-refractivity contribution in [2.24, 2.45) is 52.3 Å². The van der Waals surface area contributed by atoms with E-state index < -0.39 is 96.5 Å². The Morgan fingerprint density at radius 2 is 1.36 bits per heavy atom. The van der Waals surface area contributed by atoms with Crippen molar-refractivity contribution in [2.45, 2.75) is 152 Å². The van der Waals surface area contributed by atoms with Gasteiger partial charge in [-0.3, -0.25) is 0 Å². The summed E-state index contributed by atoms with van der Waals surface area (Å²) in [6.45, 7) is 10.3. The van der Waals surface area contributed by atoms with Crippen LogP contribution in [0.4, 0.5) is 0 Å². The molecule has 2 heterocycles. The number of aliphatic hydroxyl groups is 9. The van der Waals surface area contributed by atoms with E-state index in [9.17, 15) is 46.0 Å². The fourth-order valence-corrected chi connectivity index (χ4v) is 11.9. The zero-order valence-corrected chi connectivity index (χ0v) is 32.1. The van der Waals surface area contributed by atoms with E-state index in [4.69, 9.17) is 23.7 Å². The number of methoxy groups -OCH3 is 1. The molecule has 53 heavy (non-hydrogen) atoms. The van der Waals surface area contributed by atoms with Crippen LogP contribution in [-0.2, 0) is 23.7 Å². The minimum Gasteiger partial charge on any atom is -0.393 e. The summed E-state index contributed by atoms with van der Waals surface area (Å²) in [7, 11) is 1.34. The Morgan fingerprint density at radius 1 is 0.736 bits per heavy atom. The predicted octanol–water partition coefficient (Wildman–Crippen LogP) is 0.0710. The van der Waals surface area contributed by atoms with Crippen LogP contribution in [0.25, 0.3) is 0 Å². The first-order chi connectivity index (χ1) is 24.9. The summed E-state index contributed by atoms with van der Waals surface area (Å²) >= 11 is 0. The van der Waals surface area contributed by atoms with Crippen molar-refractivity contribution in [2.75, 3.05) is 26.9 Å². The van der Waals surface area contributed by atoms with E-state index in [-0.39, 0.29) is 61.2 Å². The third-order valence-electron chi connectivity index (χ3n) is 15.0. The van der Waals surface area contributed by atoms with E-state index in [1.807, 2.05) is 13.8 Å². The summed E-state index contributed by atoms with van der Waals surface area (Å²) in [5, 5.41) is 98.5. The molecule has 4 aliphatic carbocycles. The highest BCUT2D eigenvalue weighted by Crippen LogP contribution is 2.69. The van der Waals surface area contributed by atoms with Gasteiger partial charge in [0, 0.05) is 25.4 Å². The molecule has 0 spiro atoms. The van der Waals surface area contributed by atoms with Crippen LogP contribution in [0.5, 0.6) is 0 Å². The van der Waals surface area contributed by atoms with Crippen molar-refractivity contribution in [1.82, 2.24) is 0 Å². The molecule has 0 amide bonds. The molecule has 0 aromatic carbocycles. The van der Waals surface area contributed by atoms with Gasteiger partial charge in [-0.25, -0.2) is 0 Å². The van der Waals surface area contributed by atoms with Crippen LogP contribution in [0.1, 0.15) is 73.1 Å². The largest absolute Gasteiger partial charge is 0.393 e. The lowest BCUT2D eigenvalue weighted by Crippen LogP contribution is -2.70. The highest BCUT2D eigenvalue weighted by Gasteiger charge is 2.71. The van der Waals surface area contributed by atoms with Gasteiger partial charge in [0.15, 0.2) is 12.6 Å². The van der Waals surface area contributed by atoms with Crippen molar-refractivity contribution in [3.05, 3.63) is 12.2 Å². The molecule has 14 nitrogen and oxygen atoms in total. The lowest BCUT2D eigenvalue weighted by atomic mass is 9.41. The average molecular weight is 759 g/mol. The monoisotopic (exact) mass is 758 g/mol. The first-order valence-electron chi connectivity index (χ1n) is 19.8. The van der Waals surface area contributed by atoms with Crippen LogP contribution in [0, 0.1) is 52.3 Å². The smallest absolute Gasteiger partial charge is 0.187 e. The summed E-state index contributed by atoms with van der Waals surface area (Å²) in [5.41, 5.74) is -2.23. The van der Waals surface area contributed by atoms with Gasteiger partial charge >= 0.3 is 0 Å². The van der Waals surface area contributed by atoms with Gasteiger partial charge in [0.1, 0.15) is 36.6 Å². The summed E-state index contributed by atoms with van der Waals surface area (Å²) in [6.07, 6.45) is -5.63. The number of hydrogen-bond acceptors (Lipinski definition) is 14. The maximum atomic E-state index is 12.6. The van der Waals surface area contributed by atoms with Crippen LogP contribution < -0.4 is 0 Å². The van der Waals surface area contributed by atoms with Crippen molar-refractivity contribution in [3.63, 3.8) is 0 Å². The van der Waals surface area contributed by atoms with Gasteiger partial charge in [-0.2, -0.15) is 0 Å². The van der Waals surface area contributed by atoms with Crippen molar-refractivity contribution < 1.29 is 69.6 Å². The van der Waals surface area contributed by atoms with Crippen molar-refractivity contribution in [1.29, 1.82) is 0 Å². The molecule has 0 aromatic heterocycles. The van der Waals surface area contributed by atoms with E-state index >= 15 is 0 Å². The Hall–Kier alpha value is -0.820.